The lowest BCUT2D eigenvalue weighted by atomic mass is 9.63. The zero-order chi connectivity index (χ0) is 30.6. The summed E-state index contributed by atoms with van der Waals surface area (Å²) < 4.78 is 20.7. The number of carbonyl (C=O) groups excluding carboxylic acids is 2. The molecule has 9 heteroatoms. The van der Waals surface area contributed by atoms with Crippen LogP contribution in [0.4, 0.5) is 4.39 Å². The average Bonchev–Trinajstić information content (AvgIpc) is 2.86. The molecule has 1 heterocycles. The number of hydrogen-bond acceptors (Lipinski definition) is 5. The fourth-order valence-electron chi connectivity index (χ4n) is 6.48. The summed E-state index contributed by atoms with van der Waals surface area (Å²) in [4.78, 5) is 41.5. The van der Waals surface area contributed by atoms with E-state index >= 15 is 0 Å². The monoisotopic (exact) mass is 701 g/mol. The van der Waals surface area contributed by atoms with E-state index < -0.39 is 11.9 Å². The van der Waals surface area contributed by atoms with Crippen LogP contribution in [-0.4, -0.2) is 34.1 Å². The van der Waals surface area contributed by atoms with Crippen molar-refractivity contribution in [2.45, 2.75) is 72.3 Å². The van der Waals surface area contributed by atoms with Crippen LogP contribution in [0.1, 0.15) is 76.8 Å². The Kier molecular flexibility index (Phi) is 8.31. The van der Waals surface area contributed by atoms with Gasteiger partial charge in [0.1, 0.15) is 18.2 Å². The number of allylic oxidation sites excluding steroid dienone is 4. The van der Waals surface area contributed by atoms with Gasteiger partial charge in [-0.3, -0.25) is 14.4 Å². The van der Waals surface area contributed by atoms with Gasteiger partial charge in [-0.15, -0.1) is 0 Å². The highest BCUT2D eigenvalue weighted by Crippen LogP contribution is 2.55. The Morgan fingerprint density at radius 3 is 1.90 bits per heavy atom. The minimum atomic E-state index is -0.923. The molecule has 6 nitrogen and oxygen atoms in total. The summed E-state index contributed by atoms with van der Waals surface area (Å²) in [7, 11) is 0. The number of rotatable bonds is 7. The number of carbonyl (C=O) groups is 3. The molecule has 1 N–H and O–H groups in total. The highest BCUT2D eigenvalue weighted by atomic mass is 79.9. The number of carboxylic acids is 1. The molecule has 0 unspecified atom stereocenters. The third-order valence-corrected chi connectivity index (χ3v) is 9.40. The Hall–Kier alpha value is -2.78. The molecule has 0 atom stereocenters. The second kappa shape index (κ2) is 11.4. The largest absolute Gasteiger partial charge is 0.487 e. The van der Waals surface area contributed by atoms with E-state index in [0.717, 1.165) is 22.5 Å². The van der Waals surface area contributed by atoms with Gasteiger partial charge in [0.05, 0.1) is 15.4 Å². The van der Waals surface area contributed by atoms with Crippen LogP contribution in [0.25, 0.3) is 0 Å². The number of aliphatic carboxylic acids is 1. The molecule has 2 aromatic carbocycles. The predicted molar refractivity (Wildman–Crippen MR) is 164 cm³/mol. The summed E-state index contributed by atoms with van der Waals surface area (Å²) in [5.41, 5.74) is 3.83. The number of hydrogen-bond donors (Lipinski definition) is 1. The molecule has 2 aromatic rings. The SMILES string of the molecule is CC1(C)CC(=O)C2=C(C1)N(CCC(=O)O)C1=C(C(=O)CC(C)(C)C1)C2c1cc(Br)c(OCc2ccc(F)cc2)c(Br)c1. The highest BCUT2D eigenvalue weighted by Gasteiger charge is 2.49. The molecule has 2 aliphatic carbocycles. The van der Waals surface area contributed by atoms with E-state index in [1.807, 2.05) is 17.0 Å². The fraction of sp³-hybridized carbons (Fsp3) is 0.424. The maximum atomic E-state index is 13.9. The van der Waals surface area contributed by atoms with Crippen molar-refractivity contribution in [3.8, 4) is 5.75 Å². The summed E-state index contributed by atoms with van der Waals surface area (Å²) in [6, 6.07) is 9.90. The maximum absolute atomic E-state index is 13.9. The van der Waals surface area contributed by atoms with Gasteiger partial charge in [-0.25, -0.2) is 4.39 Å². The van der Waals surface area contributed by atoms with Crippen molar-refractivity contribution in [3.63, 3.8) is 0 Å². The maximum Gasteiger partial charge on any atom is 0.305 e. The van der Waals surface area contributed by atoms with Gasteiger partial charge in [0.15, 0.2) is 11.6 Å². The van der Waals surface area contributed by atoms with E-state index in [-0.39, 0.29) is 47.8 Å². The smallest absolute Gasteiger partial charge is 0.305 e. The molecule has 222 valence electrons. The van der Waals surface area contributed by atoms with Gasteiger partial charge in [0.25, 0.3) is 0 Å². The minimum Gasteiger partial charge on any atom is -0.487 e. The van der Waals surface area contributed by atoms with Gasteiger partial charge in [0, 0.05) is 47.8 Å². The fourth-order valence-corrected chi connectivity index (χ4v) is 7.93. The highest BCUT2D eigenvalue weighted by molar-refractivity contribution is 9.11. The van der Waals surface area contributed by atoms with Crippen molar-refractivity contribution in [1.29, 1.82) is 0 Å². The second-order valence-electron chi connectivity index (χ2n) is 13.1. The molecule has 0 saturated carbocycles. The topological polar surface area (TPSA) is 83.9 Å². The van der Waals surface area contributed by atoms with E-state index in [0.29, 0.717) is 51.5 Å². The summed E-state index contributed by atoms with van der Waals surface area (Å²) in [5.74, 6) is -1.28. The third-order valence-electron chi connectivity index (χ3n) is 8.22. The molecule has 0 bridgehead atoms. The van der Waals surface area contributed by atoms with Crippen LogP contribution in [-0.2, 0) is 21.0 Å². The molecule has 42 heavy (non-hydrogen) atoms. The number of carboxylic acid groups (broad SMARTS) is 1. The van der Waals surface area contributed by atoms with Crippen molar-refractivity contribution in [1.82, 2.24) is 4.90 Å². The van der Waals surface area contributed by atoms with Crippen LogP contribution in [0.5, 0.6) is 5.75 Å². The van der Waals surface area contributed by atoms with Crippen LogP contribution in [0.2, 0.25) is 0 Å². The Morgan fingerprint density at radius 2 is 1.43 bits per heavy atom. The zero-order valence-corrected chi connectivity index (χ0v) is 27.3. The van der Waals surface area contributed by atoms with Crippen LogP contribution in [0, 0.1) is 16.6 Å². The normalized spacial score (nSPS) is 20.0. The zero-order valence-electron chi connectivity index (χ0n) is 24.2. The molecule has 3 aliphatic rings. The van der Waals surface area contributed by atoms with E-state index in [2.05, 4.69) is 59.6 Å². The third kappa shape index (κ3) is 6.13. The first-order chi connectivity index (χ1) is 19.7. The van der Waals surface area contributed by atoms with Crippen LogP contribution in [0.3, 0.4) is 0 Å². The quantitative estimate of drug-likeness (QED) is 0.314. The summed E-state index contributed by atoms with van der Waals surface area (Å²) >= 11 is 7.30. The molecule has 0 radical (unpaired) electrons. The molecule has 0 amide bonds. The van der Waals surface area contributed by atoms with Crippen LogP contribution in [0.15, 0.2) is 67.9 Å². The Bertz CT molecular complexity index is 1460. The predicted octanol–water partition coefficient (Wildman–Crippen LogP) is 8.09. The van der Waals surface area contributed by atoms with Crippen LogP contribution >= 0.6 is 31.9 Å². The van der Waals surface area contributed by atoms with Crippen molar-refractivity contribution in [3.05, 3.63) is 84.8 Å². The molecule has 1 aliphatic heterocycles. The lowest BCUT2D eigenvalue weighted by Gasteiger charge is -2.49. The first kappa shape index (κ1) is 30.7. The summed E-state index contributed by atoms with van der Waals surface area (Å²) in [6.45, 7) is 8.65. The number of nitrogens with zero attached hydrogens (tertiary/aromatic N) is 1. The lowest BCUT2D eigenvalue weighted by molar-refractivity contribution is -0.137. The molecule has 0 spiro atoms. The molecule has 0 aromatic heterocycles. The van der Waals surface area contributed by atoms with Gasteiger partial charge in [0.2, 0.25) is 0 Å². The van der Waals surface area contributed by atoms with Gasteiger partial charge in [-0.1, -0.05) is 39.8 Å². The van der Waals surface area contributed by atoms with E-state index in [1.165, 1.54) is 12.1 Å². The van der Waals surface area contributed by atoms with Crippen molar-refractivity contribution in [2.24, 2.45) is 10.8 Å². The standard InChI is InChI=1S/C33H34Br2FNO5/c1-32(2)13-23-29(25(38)15-32)28(30-24(37(23)10-9-27(40)41)14-33(3,4)16-26(30)39)19-11-21(34)31(22(35)12-19)42-17-18-5-7-20(36)8-6-18/h5-8,11-12,28H,9-10,13-17H2,1-4H3,(H,40,41). The Balaban J connectivity index is 1.63. The van der Waals surface area contributed by atoms with E-state index in [9.17, 15) is 23.9 Å². The van der Waals surface area contributed by atoms with Gasteiger partial charge >= 0.3 is 5.97 Å². The van der Waals surface area contributed by atoms with Gasteiger partial charge < -0.3 is 14.7 Å². The van der Waals surface area contributed by atoms with Gasteiger partial charge in [-0.2, -0.15) is 0 Å². The second-order valence-corrected chi connectivity index (χ2v) is 14.8. The van der Waals surface area contributed by atoms with Gasteiger partial charge in [-0.05, 0) is 90.9 Å². The average molecular weight is 703 g/mol. The number of halogens is 3. The van der Waals surface area contributed by atoms with E-state index in [1.54, 1.807) is 12.1 Å². The molecule has 5 rings (SSSR count). The molecular formula is C33H34Br2FNO5. The number of benzene rings is 2. The molecule has 0 fully saturated rings. The minimum absolute atomic E-state index is 0.0142. The van der Waals surface area contributed by atoms with E-state index in [4.69, 9.17) is 4.74 Å². The van der Waals surface area contributed by atoms with Crippen LogP contribution < -0.4 is 4.74 Å². The van der Waals surface area contributed by atoms with Crippen molar-refractivity contribution < 1.29 is 28.6 Å². The summed E-state index contributed by atoms with van der Waals surface area (Å²) in [6.07, 6.45) is 1.81. The number of Topliss-reactive ketones (excluding diaryl/α,β-unsaturated/α-hetero) is 2. The number of ketones is 2. The summed E-state index contributed by atoms with van der Waals surface area (Å²) in [5, 5.41) is 9.56. The van der Waals surface area contributed by atoms with Crippen molar-refractivity contribution in [2.75, 3.05) is 6.54 Å². The van der Waals surface area contributed by atoms with Crippen molar-refractivity contribution >= 4 is 49.4 Å². The molecular weight excluding hydrogens is 669 g/mol. The lowest BCUT2D eigenvalue weighted by Crippen LogP contribution is -2.45. The molecule has 0 saturated heterocycles. The number of ether oxygens (including phenoxy) is 1. The Morgan fingerprint density at radius 1 is 0.929 bits per heavy atom. The first-order valence-electron chi connectivity index (χ1n) is 14.0. The first-order valence-corrected chi connectivity index (χ1v) is 15.6. The Labute approximate surface area is 262 Å².